The molecule has 0 N–H and O–H groups in total. The molecule has 2 aromatic carbocycles. The monoisotopic (exact) mass is 652 g/mol. The standard InChI is InChI=1S/C31H40BF2O8PS/c1-10-38-43(36,39-11-2)31(33,34)26-24(32-41-29(6,7)30(8,9)42-32)22-17-21(27(35)40-28(3,4)5)18-23(25(22)44-26)37-19-20-15-13-12-14-16-20/h12-18H,10-11,19H2,1-9H3. The van der Waals surface area contributed by atoms with Crippen LogP contribution in [-0.4, -0.2) is 43.1 Å². The number of carbonyl (C=O) groups excluding carboxylic acids is 1. The molecule has 240 valence electrons. The number of fused-ring (bicyclic) bond motifs is 1. The number of esters is 1. The molecule has 0 saturated carbocycles. The van der Waals surface area contributed by atoms with Crippen LogP contribution in [0.4, 0.5) is 8.78 Å². The summed E-state index contributed by atoms with van der Waals surface area (Å²) in [5.74, 6) is -0.502. The Kier molecular flexibility index (Phi) is 9.78. The number of hydrogen-bond donors (Lipinski definition) is 0. The zero-order valence-corrected chi connectivity index (χ0v) is 28.3. The lowest BCUT2D eigenvalue weighted by Gasteiger charge is -2.32. The molecule has 0 spiro atoms. The molecule has 0 radical (unpaired) electrons. The lowest BCUT2D eigenvalue weighted by molar-refractivity contribution is 0.00578. The summed E-state index contributed by atoms with van der Waals surface area (Å²) in [6.45, 7) is 14.9. The predicted octanol–water partition coefficient (Wildman–Crippen LogP) is 8.05. The number of alkyl halides is 2. The summed E-state index contributed by atoms with van der Waals surface area (Å²) in [6, 6.07) is 12.2. The van der Waals surface area contributed by atoms with Crippen molar-refractivity contribution in [3.8, 4) is 5.75 Å². The van der Waals surface area contributed by atoms with E-state index in [1.54, 1.807) is 48.5 Å². The smallest absolute Gasteiger partial charge is 0.487 e. The van der Waals surface area contributed by atoms with Crippen molar-refractivity contribution < 1.29 is 46.0 Å². The molecule has 0 unspecified atom stereocenters. The molecule has 1 saturated heterocycles. The molecule has 4 rings (SSSR count). The van der Waals surface area contributed by atoms with Gasteiger partial charge in [-0.3, -0.25) is 4.57 Å². The van der Waals surface area contributed by atoms with Crippen LogP contribution in [0.2, 0.25) is 0 Å². The highest BCUT2D eigenvalue weighted by molar-refractivity contribution is 7.55. The highest BCUT2D eigenvalue weighted by atomic mass is 32.1. The normalized spacial score (nSPS) is 16.8. The average molecular weight is 653 g/mol. The summed E-state index contributed by atoms with van der Waals surface area (Å²) < 4.78 is 81.8. The van der Waals surface area contributed by atoms with Gasteiger partial charge in [-0.15, -0.1) is 11.3 Å². The Balaban J connectivity index is 2.02. The first-order chi connectivity index (χ1) is 20.4. The van der Waals surface area contributed by atoms with Crippen molar-refractivity contribution >= 4 is 47.6 Å². The van der Waals surface area contributed by atoms with Gasteiger partial charge in [0.1, 0.15) is 18.0 Å². The third kappa shape index (κ3) is 6.76. The van der Waals surface area contributed by atoms with E-state index in [4.69, 9.17) is 27.8 Å². The molecule has 3 aromatic rings. The maximum Gasteiger partial charge on any atom is 0.496 e. The minimum Gasteiger partial charge on any atom is -0.487 e. The molecule has 0 atom stereocenters. The number of carbonyl (C=O) groups is 1. The van der Waals surface area contributed by atoms with Gasteiger partial charge in [0.25, 0.3) is 0 Å². The van der Waals surface area contributed by atoms with Crippen LogP contribution in [0.5, 0.6) is 5.75 Å². The van der Waals surface area contributed by atoms with Gasteiger partial charge in [-0.2, -0.15) is 8.78 Å². The van der Waals surface area contributed by atoms with Crippen molar-refractivity contribution in [1.29, 1.82) is 0 Å². The van der Waals surface area contributed by atoms with Gasteiger partial charge in [-0.1, -0.05) is 30.3 Å². The topological polar surface area (TPSA) is 89.5 Å². The summed E-state index contributed by atoms with van der Waals surface area (Å²) in [4.78, 5) is 12.7. The molecule has 0 bridgehead atoms. The van der Waals surface area contributed by atoms with Crippen molar-refractivity contribution in [2.24, 2.45) is 0 Å². The van der Waals surface area contributed by atoms with E-state index in [-0.39, 0.29) is 46.7 Å². The first kappa shape index (κ1) is 34.5. The summed E-state index contributed by atoms with van der Waals surface area (Å²) >= 11 is 0.673. The Morgan fingerprint density at radius 2 is 1.55 bits per heavy atom. The number of thiophene rings is 1. The van der Waals surface area contributed by atoms with Crippen molar-refractivity contribution in [2.45, 2.75) is 91.4 Å². The van der Waals surface area contributed by atoms with E-state index in [9.17, 15) is 9.36 Å². The van der Waals surface area contributed by atoms with E-state index in [0.717, 1.165) is 5.56 Å². The molecule has 0 aliphatic carbocycles. The first-order valence-corrected chi connectivity index (χ1v) is 16.9. The van der Waals surface area contributed by atoms with Gasteiger partial charge in [0.2, 0.25) is 0 Å². The molecule has 2 heterocycles. The molecule has 0 amide bonds. The highest BCUT2D eigenvalue weighted by Crippen LogP contribution is 2.68. The van der Waals surface area contributed by atoms with Crippen LogP contribution >= 0.6 is 18.9 Å². The van der Waals surface area contributed by atoms with E-state index >= 15 is 8.78 Å². The maximum atomic E-state index is 16.6. The molecular formula is C31H40BF2O8PS. The predicted molar refractivity (Wildman–Crippen MR) is 168 cm³/mol. The SMILES string of the molecule is CCOP(=O)(OCC)C(F)(F)c1sc2c(OCc3ccccc3)cc(C(=O)OC(C)(C)C)cc2c1B1OC(C)(C)C(C)(C)O1. The van der Waals surface area contributed by atoms with Crippen LogP contribution in [-0.2, 0) is 39.9 Å². The van der Waals surface area contributed by atoms with Crippen molar-refractivity contribution in [3.63, 3.8) is 0 Å². The van der Waals surface area contributed by atoms with Crippen LogP contribution in [0, 0.1) is 0 Å². The Hall–Kier alpha value is -2.34. The molecule has 1 aromatic heterocycles. The lowest BCUT2D eigenvalue weighted by Crippen LogP contribution is -2.41. The van der Waals surface area contributed by atoms with Gasteiger partial charge in [-0.05, 0) is 85.4 Å². The molecule has 44 heavy (non-hydrogen) atoms. The van der Waals surface area contributed by atoms with Gasteiger partial charge in [0.05, 0.1) is 39.6 Å². The molecule has 1 fully saturated rings. The fourth-order valence-electron chi connectivity index (χ4n) is 4.57. The number of hydrogen-bond acceptors (Lipinski definition) is 9. The van der Waals surface area contributed by atoms with Crippen molar-refractivity contribution in [3.05, 3.63) is 58.5 Å². The summed E-state index contributed by atoms with van der Waals surface area (Å²) in [5.41, 5.74) is -5.88. The third-order valence-electron chi connectivity index (χ3n) is 7.37. The number of halogens is 2. The summed E-state index contributed by atoms with van der Waals surface area (Å²) in [6.07, 6.45) is 0. The Morgan fingerprint density at radius 1 is 0.977 bits per heavy atom. The Morgan fingerprint density at radius 3 is 2.07 bits per heavy atom. The minimum absolute atomic E-state index is 0.0803. The molecule has 1 aliphatic heterocycles. The second-order valence-electron chi connectivity index (χ2n) is 12.4. The quantitative estimate of drug-likeness (QED) is 0.117. The molecule has 1 aliphatic rings. The maximum absolute atomic E-state index is 16.6. The number of rotatable bonds is 11. The first-order valence-electron chi connectivity index (χ1n) is 14.5. The number of benzene rings is 2. The van der Waals surface area contributed by atoms with Crippen molar-refractivity contribution in [2.75, 3.05) is 13.2 Å². The Labute approximate surface area is 262 Å². The highest BCUT2D eigenvalue weighted by Gasteiger charge is 2.61. The zero-order chi connectivity index (χ0) is 32.7. The molecule has 13 heteroatoms. The summed E-state index contributed by atoms with van der Waals surface area (Å²) in [7, 11) is -6.34. The average Bonchev–Trinajstić information content (AvgIpc) is 3.41. The van der Waals surface area contributed by atoms with Crippen LogP contribution in [0.25, 0.3) is 10.1 Å². The summed E-state index contributed by atoms with van der Waals surface area (Å²) in [5, 5.41) is 0.217. The van der Waals surface area contributed by atoms with Crippen molar-refractivity contribution in [1.82, 2.24) is 0 Å². The molecular weight excluding hydrogens is 612 g/mol. The fourth-order valence-corrected chi connectivity index (χ4v) is 7.63. The van der Waals surface area contributed by atoms with Crippen LogP contribution in [0.3, 0.4) is 0 Å². The second kappa shape index (κ2) is 12.5. The van der Waals surface area contributed by atoms with E-state index in [1.165, 1.54) is 26.0 Å². The molecule has 8 nitrogen and oxygen atoms in total. The van der Waals surface area contributed by atoms with Gasteiger partial charge < -0.3 is 27.8 Å². The number of ether oxygens (including phenoxy) is 2. The van der Waals surface area contributed by atoms with Crippen LogP contribution < -0.4 is 10.2 Å². The minimum atomic E-state index is -5.03. The van der Waals surface area contributed by atoms with E-state index in [0.29, 0.717) is 11.3 Å². The van der Waals surface area contributed by atoms with Gasteiger partial charge >= 0.3 is 26.3 Å². The van der Waals surface area contributed by atoms with E-state index in [1.807, 2.05) is 30.3 Å². The van der Waals surface area contributed by atoms with Crippen LogP contribution in [0.15, 0.2) is 42.5 Å². The fraction of sp³-hybridized carbons (Fsp3) is 0.516. The van der Waals surface area contributed by atoms with E-state index < -0.39 is 48.0 Å². The lowest BCUT2D eigenvalue weighted by atomic mass is 9.76. The Bertz CT molecular complexity index is 1530. The van der Waals surface area contributed by atoms with Gasteiger partial charge in [0, 0.05) is 5.46 Å². The second-order valence-corrected chi connectivity index (χ2v) is 15.5. The van der Waals surface area contributed by atoms with Gasteiger partial charge in [-0.25, -0.2) is 4.79 Å². The van der Waals surface area contributed by atoms with Crippen LogP contribution in [0.1, 0.15) is 83.1 Å². The largest absolute Gasteiger partial charge is 0.496 e. The van der Waals surface area contributed by atoms with Gasteiger partial charge in [0.15, 0.2) is 0 Å². The third-order valence-corrected chi connectivity index (χ3v) is 10.9. The zero-order valence-electron chi connectivity index (χ0n) is 26.6. The van der Waals surface area contributed by atoms with E-state index in [2.05, 4.69) is 0 Å².